The average Bonchev–Trinajstić information content (AvgIpc) is 3.04. The Morgan fingerprint density at radius 3 is 2.55 bits per heavy atom. The van der Waals surface area contributed by atoms with Crippen molar-refractivity contribution in [2.45, 2.75) is 22.6 Å². The Morgan fingerprint density at radius 1 is 1.32 bits per heavy atom. The molecule has 2 rings (SSSR count). The number of hydrogen-bond acceptors (Lipinski definition) is 6. The molecule has 1 aromatic rings. The molecule has 22 heavy (non-hydrogen) atoms. The van der Waals surface area contributed by atoms with Crippen LogP contribution in [0.1, 0.15) is 12.8 Å². The van der Waals surface area contributed by atoms with E-state index < -0.39 is 26.6 Å². The van der Waals surface area contributed by atoms with Gasteiger partial charge < -0.3 is 10.1 Å². The van der Waals surface area contributed by atoms with E-state index >= 15 is 0 Å². The van der Waals surface area contributed by atoms with Gasteiger partial charge in [0.25, 0.3) is 5.91 Å². The van der Waals surface area contributed by atoms with Crippen molar-refractivity contribution in [3.05, 3.63) is 30.3 Å². The lowest BCUT2D eigenvalue weighted by Crippen LogP contribution is -2.59. The molecule has 0 radical (unpaired) electrons. The van der Waals surface area contributed by atoms with Crippen LogP contribution >= 0.6 is 0 Å². The van der Waals surface area contributed by atoms with E-state index in [2.05, 4.69) is 15.4 Å². The zero-order valence-electron chi connectivity index (χ0n) is 12.2. The summed E-state index contributed by atoms with van der Waals surface area (Å²) >= 11 is 0. The van der Waals surface area contributed by atoms with Gasteiger partial charge in [-0.2, -0.15) is 0 Å². The first-order valence-corrected chi connectivity index (χ1v) is 8.32. The van der Waals surface area contributed by atoms with Crippen molar-refractivity contribution in [2.75, 3.05) is 20.2 Å². The third kappa shape index (κ3) is 2.84. The Bertz CT molecular complexity index is 651. The average molecular weight is 326 g/mol. The Morgan fingerprint density at radius 2 is 2.00 bits per heavy atom. The number of methoxy groups -OCH3 is 1. The minimum Gasteiger partial charge on any atom is -0.468 e. The van der Waals surface area contributed by atoms with Gasteiger partial charge in [-0.3, -0.25) is 14.9 Å². The van der Waals surface area contributed by atoms with Crippen LogP contribution in [0.15, 0.2) is 35.2 Å². The van der Waals surface area contributed by atoms with Gasteiger partial charge in [0.1, 0.15) is 6.54 Å². The fourth-order valence-electron chi connectivity index (χ4n) is 2.43. The molecule has 1 heterocycles. The molecule has 7 nitrogen and oxygen atoms in total. The van der Waals surface area contributed by atoms with E-state index in [0.717, 1.165) is 0 Å². The van der Waals surface area contributed by atoms with Gasteiger partial charge in [0.15, 0.2) is 0 Å². The maximum absolute atomic E-state index is 12.9. The smallest absolute Gasteiger partial charge is 0.325 e. The summed E-state index contributed by atoms with van der Waals surface area (Å²) in [5.74, 6) is -1.38. The van der Waals surface area contributed by atoms with Crippen molar-refractivity contribution >= 4 is 21.7 Å². The van der Waals surface area contributed by atoms with Gasteiger partial charge in [-0.25, -0.2) is 8.42 Å². The number of nitrogens with one attached hydrogen (secondary N) is 2. The van der Waals surface area contributed by atoms with Crippen LogP contribution < -0.4 is 10.6 Å². The number of esters is 1. The number of amides is 1. The van der Waals surface area contributed by atoms with Gasteiger partial charge in [0, 0.05) is 0 Å². The topological polar surface area (TPSA) is 102 Å². The van der Waals surface area contributed by atoms with Crippen molar-refractivity contribution in [1.82, 2.24) is 10.6 Å². The molecule has 0 saturated carbocycles. The van der Waals surface area contributed by atoms with Crippen molar-refractivity contribution < 1.29 is 22.7 Å². The standard InChI is InChI=1S/C14H18N2O5S/c1-21-12(17)10-15-13(18)14(8-5-9-16-14)22(19,20)11-6-3-2-4-7-11/h2-4,6-7,16H,5,8-10H2,1H3,(H,15,18)/t14-/m1/s1. The van der Waals surface area contributed by atoms with E-state index in [-0.39, 0.29) is 17.9 Å². The van der Waals surface area contributed by atoms with Gasteiger partial charge in [0.2, 0.25) is 14.7 Å². The van der Waals surface area contributed by atoms with Gasteiger partial charge in [-0.15, -0.1) is 0 Å². The number of ether oxygens (including phenoxy) is 1. The molecule has 0 bridgehead atoms. The maximum atomic E-state index is 12.9. The summed E-state index contributed by atoms with van der Waals surface area (Å²) < 4.78 is 30.2. The number of carbonyl (C=O) groups is 2. The lowest BCUT2D eigenvalue weighted by atomic mass is 10.2. The van der Waals surface area contributed by atoms with E-state index in [1.54, 1.807) is 18.2 Å². The molecule has 1 amide bonds. The van der Waals surface area contributed by atoms with Gasteiger partial charge in [-0.1, -0.05) is 18.2 Å². The molecular formula is C14H18N2O5S. The third-order valence-electron chi connectivity index (χ3n) is 3.62. The highest BCUT2D eigenvalue weighted by Gasteiger charge is 2.53. The molecule has 0 unspecified atom stereocenters. The van der Waals surface area contributed by atoms with Crippen LogP contribution in [0.2, 0.25) is 0 Å². The number of rotatable bonds is 5. The second kappa shape index (κ2) is 6.45. The molecule has 0 spiro atoms. The molecule has 1 saturated heterocycles. The number of hydrogen-bond donors (Lipinski definition) is 2. The summed E-state index contributed by atoms with van der Waals surface area (Å²) in [6.45, 7) is 0.0424. The zero-order chi connectivity index (χ0) is 16.2. The SMILES string of the molecule is COC(=O)CNC(=O)[C@]1(S(=O)(=O)c2ccccc2)CCCN1. The molecule has 0 aromatic heterocycles. The van der Waals surface area contributed by atoms with Crippen LogP contribution in [0.3, 0.4) is 0 Å². The van der Waals surface area contributed by atoms with Gasteiger partial charge in [0.05, 0.1) is 12.0 Å². The summed E-state index contributed by atoms with van der Waals surface area (Å²) in [4.78, 5) is 21.9. The molecule has 1 atom stereocenters. The number of benzene rings is 1. The summed E-state index contributed by atoms with van der Waals surface area (Å²) in [6.07, 6.45) is 0.703. The molecule has 2 N–H and O–H groups in total. The van der Waals surface area contributed by atoms with Crippen molar-refractivity contribution in [2.24, 2.45) is 0 Å². The highest BCUT2D eigenvalue weighted by Crippen LogP contribution is 2.31. The van der Waals surface area contributed by atoms with Crippen LogP contribution in [0, 0.1) is 0 Å². The zero-order valence-corrected chi connectivity index (χ0v) is 13.0. The molecule has 1 aliphatic rings. The Labute approximate surface area is 129 Å². The molecule has 1 aliphatic heterocycles. The van der Waals surface area contributed by atoms with Crippen molar-refractivity contribution in [3.8, 4) is 0 Å². The largest absolute Gasteiger partial charge is 0.468 e. The quantitative estimate of drug-likeness (QED) is 0.729. The molecule has 1 aromatic carbocycles. The summed E-state index contributed by atoms with van der Waals surface area (Å²) in [6, 6.07) is 7.80. The number of sulfone groups is 1. The normalized spacial score (nSPS) is 21.3. The first kappa shape index (κ1) is 16.4. The van der Waals surface area contributed by atoms with E-state index in [0.29, 0.717) is 13.0 Å². The first-order chi connectivity index (χ1) is 10.4. The number of carbonyl (C=O) groups excluding carboxylic acids is 2. The minimum absolute atomic E-state index is 0.0672. The Balaban J connectivity index is 2.32. The van der Waals surface area contributed by atoms with Crippen LogP contribution in [0.4, 0.5) is 0 Å². The monoisotopic (exact) mass is 326 g/mol. The summed E-state index contributed by atoms with van der Waals surface area (Å²) in [5.41, 5.74) is 0. The highest BCUT2D eigenvalue weighted by molar-refractivity contribution is 7.93. The van der Waals surface area contributed by atoms with Crippen molar-refractivity contribution in [3.63, 3.8) is 0 Å². The fourth-order valence-corrected chi connectivity index (χ4v) is 4.37. The lowest BCUT2D eigenvalue weighted by Gasteiger charge is -2.27. The highest BCUT2D eigenvalue weighted by atomic mass is 32.2. The molecule has 1 fully saturated rings. The molecule has 120 valence electrons. The van der Waals surface area contributed by atoms with Gasteiger partial charge >= 0.3 is 5.97 Å². The van der Waals surface area contributed by atoms with Crippen LogP contribution in [0.5, 0.6) is 0 Å². The Kier molecular flexibility index (Phi) is 4.82. The molecule has 0 aliphatic carbocycles. The summed E-state index contributed by atoms with van der Waals surface area (Å²) in [7, 11) is -2.74. The third-order valence-corrected chi connectivity index (χ3v) is 5.96. The minimum atomic E-state index is -3.93. The predicted octanol–water partition coefficient (Wildman–Crippen LogP) is -0.171. The Hall–Kier alpha value is -1.93. The van der Waals surface area contributed by atoms with E-state index in [9.17, 15) is 18.0 Å². The fraction of sp³-hybridized carbons (Fsp3) is 0.429. The first-order valence-electron chi connectivity index (χ1n) is 6.84. The van der Waals surface area contributed by atoms with E-state index in [1.807, 2.05) is 0 Å². The van der Waals surface area contributed by atoms with E-state index in [1.165, 1.54) is 19.2 Å². The van der Waals surface area contributed by atoms with Crippen LogP contribution in [-0.2, 0) is 24.2 Å². The van der Waals surface area contributed by atoms with Gasteiger partial charge in [-0.05, 0) is 31.5 Å². The van der Waals surface area contributed by atoms with Crippen molar-refractivity contribution in [1.29, 1.82) is 0 Å². The van der Waals surface area contributed by atoms with Crippen LogP contribution in [0.25, 0.3) is 0 Å². The molecular weight excluding hydrogens is 308 g/mol. The van der Waals surface area contributed by atoms with E-state index in [4.69, 9.17) is 0 Å². The lowest BCUT2D eigenvalue weighted by molar-refractivity contribution is -0.141. The predicted molar refractivity (Wildman–Crippen MR) is 78.6 cm³/mol. The molecule has 8 heteroatoms. The second-order valence-corrected chi connectivity index (χ2v) is 7.11. The van der Waals surface area contributed by atoms with Crippen LogP contribution in [-0.4, -0.2) is 45.4 Å². The summed E-state index contributed by atoms with van der Waals surface area (Å²) in [5, 5.41) is 5.14. The maximum Gasteiger partial charge on any atom is 0.325 e. The second-order valence-electron chi connectivity index (χ2n) is 4.93.